The molecule has 24 heavy (non-hydrogen) atoms. The lowest BCUT2D eigenvalue weighted by Crippen LogP contribution is -2.19. The SMILES string of the molecule is CC(C)n1ncc2ccc(NC(=O)Cn3cc(C(=O)O)nn3)cc21. The maximum atomic E-state index is 12.1. The number of rotatable bonds is 5. The van der Waals surface area contributed by atoms with Crippen LogP contribution in [0.3, 0.4) is 0 Å². The maximum absolute atomic E-state index is 12.1. The Morgan fingerprint density at radius 3 is 2.79 bits per heavy atom. The first-order valence-electron chi connectivity index (χ1n) is 7.34. The summed E-state index contributed by atoms with van der Waals surface area (Å²) in [7, 11) is 0. The van der Waals surface area contributed by atoms with Crippen molar-refractivity contribution in [1.82, 2.24) is 24.8 Å². The Balaban J connectivity index is 1.74. The van der Waals surface area contributed by atoms with E-state index in [2.05, 4.69) is 20.7 Å². The van der Waals surface area contributed by atoms with Gasteiger partial charge in [-0.15, -0.1) is 5.10 Å². The third-order valence-electron chi connectivity index (χ3n) is 3.43. The highest BCUT2D eigenvalue weighted by Gasteiger charge is 2.12. The molecule has 0 bridgehead atoms. The molecule has 0 spiro atoms. The number of carbonyl (C=O) groups excluding carboxylic acids is 1. The molecule has 0 radical (unpaired) electrons. The average Bonchev–Trinajstić information content (AvgIpc) is 3.13. The van der Waals surface area contributed by atoms with E-state index in [1.807, 2.05) is 30.7 Å². The van der Waals surface area contributed by atoms with Crippen LogP contribution < -0.4 is 5.32 Å². The van der Waals surface area contributed by atoms with E-state index in [0.29, 0.717) is 5.69 Å². The zero-order valence-corrected chi connectivity index (χ0v) is 13.2. The van der Waals surface area contributed by atoms with Gasteiger partial charge in [-0.05, 0) is 32.0 Å². The Morgan fingerprint density at radius 1 is 1.33 bits per heavy atom. The quantitative estimate of drug-likeness (QED) is 0.734. The number of hydrogen-bond acceptors (Lipinski definition) is 5. The number of aromatic nitrogens is 5. The van der Waals surface area contributed by atoms with E-state index in [1.54, 1.807) is 12.3 Å². The van der Waals surface area contributed by atoms with Crippen LogP contribution in [0.15, 0.2) is 30.6 Å². The number of nitrogens with zero attached hydrogens (tertiary/aromatic N) is 5. The third kappa shape index (κ3) is 3.09. The van der Waals surface area contributed by atoms with E-state index in [-0.39, 0.29) is 24.2 Å². The Morgan fingerprint density at radius 2 is 2.12 bits per heavy atom. The smallest absolute Gasteiger partial charge is 0.358 e. The summed E-state index contributed by atoms with van der Waals surface area (Å²) in [4.78, 5) is 22.8. The molecule has 0 saturated carbocycles. The minimum absolute atomic E-state index is 0.123. The molecule has 0 fully saturated rings. The highest BCUT2D eigenvalue weighted by molar-refractivity contribution is 5.93. The highest BCUT2D eigenvalue weighted by atomic mass is 16.4. The summed E-state index contributed by atoms with van der Waals surface area (Å²) in [5, 5.41) is 23.9. The Labute approximate surface area is 136 Å². The van der Waals surface area contributed by atoms with Crippen LogP contribution in [0.2, 0.25) is 0 Å². The van der Waals surface area contributed by atoms with Gasteiger partial charge in [-0.1, -0.05) is 5.21 Å². The van der Waals surface area contributed by atoms with Crippen LogP contribution in [0, 0.1) is 0 Å². The topological polar surface area (TPSA) is 115 Å². The van der Waals surface area contributed by atoms with Gasteiger partial charge in [0.1, 0.15) is 6.54 Å². The predicted molar refractivity (Wildman–Crippen MR) is 85.7 cm³/mol. The lowest BCUT2D eigenvalue weighted by atomic mass is 10.2. The number of anilines is 1. The van der Waals surface area contributed by atoms with Crippen LogP contribution in [-0.4, -0.2) is 41.8 Å². The second-order valence-corrected chi connectivity index (χ2v) is 5.61. The zero-order valence-electron chi connectivity index (χ0n) is 13.2. The van der Waals surface area contributed by atoms with Gasteiger partial charge in [0.15, 0.2) is 5.69 Å². The van der Waals surface area contributed by atoms with Crippen LogP contribution in [-0.2, 0) is 11.3 Å². The standard InChI is InChI=1S/C15H16N6O3/c1-9(2)21-13-5-11(4-3-10(13)6-16-21)17-14(22)8-20-7-12(15(23)24)18-19-20/h3-7,9H,8H2,1-2H3,(H,17,22)(H,23,24). The number of benzene rings is 1. The third-order valence-corrected chi connectivity index (χ3v) is 3.43. The van der Waals surface area contributed by atoms with Crippen LogP contribution in [0.5, 0.6) is 0 Å². The fourth-order valence-electron chi connectivity index (χ4n) is 2.35. The molecule has 0 aliphatic carbocycles. The molecule has 0 unspecified atom stereocenters. The van der Waals surface area contributed by atoms with Crippen LogP contribution in [0.25, 0.3) is 10.9 Å². The van der Waals surface area contributed by atoms with Crippen LogP contribution in [0.1, 0.15) is 30.4 Å². The zero-order chi connectivity index (χ0) is 17.3. The molecule has 2 aromatic heterocycles. The Hall–Kier alpha value is -3.23. The first kappa shape index (κ1) is 15.7. The highest BCUT2D eigenvalue weighted by Crippen LogP contribution is 2.21. The first-order valence-corrected chi connectivity index (χ1v) is 7.34. The van der Waals surface area contributed by atoms with Gasteiger partial charge in [0.05, 0.1) is 17.9 Å². The molecule has 124 valence electrons. The molecule has 0 aliphatic heterocycles. The van der Waals surface area contributed by atoms with Gasteiger partial charge in [0.2, 0.25) is 5.91 Å². The second kappa shape index (κ2) is 6.11. The van der Waals surface area contributed by atoms with Crippen LogP contribution in [0.4, 0.5) is 5.69 Å². The summed E-state index contributed by atoms with van der Waals surface area (Å²) >= 11 is 0. The van der Waals surface area contributed by atoms with E-state index < -0.39 is 5.97 Å². The molecule has 9 heteroatoms. The van der Waals surface area contributed by atoms with E-state index in [0.717, 1.165) is 10.9 Å². The summed E-state index contributed by atoms with van der Waals surface area (Å²) < 4.78 is 3.05. The van der Waals surface area contributed by atoms with Gasteiger partial charge in [-0.3, -0.25) is 9.48 Å². The van der Waals surface area contributed by atoms with Crippen molar-refractivity contribution in [3.8, 4) is 0 Å². The molecule has 9 nitrogen and oxygen atoms in total. The van der Waals surface area contributed by atoms with Gasteiger partial charge in [-0.2, -0.15) is 5.10 Å². The molecule has 2 N–H and O–H groups in total. The average molecular weight is 328 g/mol. The number of aromatic carboxylic acids is 1. The fraction of sp³-hybridized carbons (Fsp3) is 0.267. The van der Waals surface area contributed by atoms with Crippen molar-refractivity contribution < 1.29 is 14.7 Å². The largest absolute Gasteiger partial charge is 0.476 e. The molecule has 3 rings (SSSR count). The second-order valence-electron chi connectivity index (χ2n) is 5.61. The summed E-state index contributed by atoms with van der Waals surface area (Å²) in [6, 6.07) is 5.73. The Kier molecular flexibility index (Phi) is 3.98. The summed E-state index contributed by atoms with van der Waals surface area (Å²) in [5.41, 5.74) is 1.36. The lowest BCUT2D eigenvalue weighted by Gasteiger charge is -2.09. The van der Waals surface area contributed by atoms with E-state index in [9.17, 15) is 9.59 Å². The lowest BCUT2D eigenvalue weighted by molar-refractivity contribution is -0.116. The monoisotopic (exact) mass is 328 g/mol. The molecule has 3 aromatic rings. The van der Waals surface area contributed by atoms with E-state index in [1.165, 1.54) is 10.9 Å². The molecule has 0 aliphatic rings. The number of nitrogens with one attached hydrogen (secondary N) is 1. The molecule has 1 amide bonds. The van der Waals surface area contributed by atoms with Crippen molar-refractivity contribution in [2.45, 2.75) is 26.4 Å². The first-order chi connectivity index (χ1) is 11.4. The van der Waals surface area contributed by atoms with E-state index >= 15 is 0 Å². The normalized spacial score (nSPS) is 11.1. The number of carboxylic acids is 1. The molecule has 2 heterocycles. The predicted octanol–water partition coefficient (Wildman–Crippen LogP) is 1.55. The van der Waals surface area contributed by atoms with Gasteiger partial charge in [-0.25, -0.2) is 9.48 Å². The maximum Gasteiger partial charge on any atom is 0.358 e. The molecule has 1 aromatic carbocycles. The van der Waals surface area contributed by atoms with Crippen molar-refractivity contribution in [3.05, 3.63) is 36.3 Å². The van der Waals surface area contributed by atoms with Gasteiger partial charge in [0, 0.05) is 17.1 Å². The van der Waals surface area contributed by atoms with Gasteiger partial charge >= 0.3 is 5.97 Å². The number of hydrogen-bond donors (Lipinski definition) is 2. The summed E-state index contributed by atoms with van der Waals surface area (Å²) in [5.74, 6) is -1.51. The fourth-order valence-corrected chi connectivity index (χ4v) is 2.35. The minimum atomic E-state index is -1.19. The number of amides is 1. The van der Waals surface area contributed by atoms with Crippen molar-refractivity contribution >= 4 is 28.5 Å². The van der Waals surface area contributed by atoms with E-state index in [4.69, 9.17) is 5.11 Å². The molecule has 0 atom stereocenters. The number of carboxylic acid groups (broad SMARTS) is 1. The number of fused-ring (bicyclic) bond motifs is 1. The van der Waals surface area contributed by atoms with Crippen molar-refractivity contribution in [2.75, 3.05) is 5.32 Å². The van der Waals surface area contributed by atoms with Gasteiger partial charge < -0.3 is 10.4 Å². The minimum Gasteiger partial charge on any atom is -0.476 e. The molecule has 0 saturated heterocycles. The van der Waals surface area contributed by atoms with Gasteiger partial charge in [0.25, 0.3) is 0 Å². The Bertz CT molecular complexity index is 911. The molecular weight excluding hydrogens is 312 g/mol. The summed E-state index contributed by atoms with van der Waals surface area (Å²) in [6.45, 7) is 3.94. The summed E-state index contributed by atoms with van der Waals surface area (Å²) in [6.07, 6.45) is 2.99. The van der Waals surface area contributed by atoms with Crippen molar-refractivity contribution in [2.24, 2.45) is 0 Å². The number of carbonyl (C=O) groups is 2. The van der Waals surface area contributed by atoms with Crippen molar-refractivity contribution in [3.63, 3.8) is 0 Å². The van der Waals surface area contributed by atoms with Crippen LogP contribution >= 0.6 is 0 Å². The van der Waals surface area contributed by atoms with Crippen molar-refractivity contribution in [1.29, 1.82) is 0 Å². The molecular formula is C15H16N6O3.